The van der Waals surface area contributed by atoms with Gasteiger partial charge in [-0.1, -0.05) is 18.5 Å². The van der Waals surface area contributed by atoms with Gasteiger partial charge in [-0.05, 0) is 18.2 Å². The van der Waals surface area contributed by atoms with E-state index in [9.17, 15) is 14.4 Å². The van der Waals surface area contributed by atoms with Gasteiger partial charge in [-0.3, -0.25) is 14.4 Å². The molecule has 0 spiro atoms. The lowest BCUT2D eigenvalue weighted by Gasteiger charge is -2.10. The minimum absolute atomic E-state index is 0.139. The highest BCUT2D eigenvalue weighted by Crippen LogP contribution is 2.24. The summed E-state index contributed by atoms with van der Waals surface area (Å²) in [6.45, 7) is 1.13. The van der Waals surface area contributed by atoms with Crippen molar-refractivity contribution in [1.29, 1.82) is 0 Å². The number of hydrogen-bond donors (Lipinski definition) is 2. The van der Waals surface area contributed by atoms with Crippen molar-refractivity contribution >= 4 is 29.2 Å². The molecule has 0 fully saturated rings. The summed E-state index contributed by atoms with van der Waals surface area (Å²) < 4.78 is 5.27. The van der Waals surface area contributed by atoms with Crippen LogP contribution in [0.2, 0.25) is 5.02 Å². The molecule has 108 valence electrons. The van der Waals surface area contributed by atoms with Crippen molar-refractivity contribution in [3.05, 3.63) is 28.8 Å². The van der Waals surface area contributed by atoms with E-state index in [1.165, 1.54) is 12.1 Å². The highest BCUT2D eigenvalue weighted by atomic mass is 35.5. The summed E-state index contributed by atoms with van der Waals surface area (Å²) in [7, 11) is 0. The maximum atomic E-state index is 11.7. The van der Waals surface area contributed by atoms with Gasteiger partial charge in [-0.2, -0.15) is 0 Å². The summed E-state index contributed by atoms with van der Waals surface area (Å²) in [5.74, 6) is -1.02. The Labute approximate surface area is 121 Å². The fourth-order valence-electron chi connectivity index (χ4n) is 1.42. The van der Waals surface area contributed by atoms with E-state index < -0.39 is 11.8 Å². The molecule has 0 bridgehead atoms. The van der Waals surface area contributed by atoms with E-state index in [1.54, 1.807) is 13.0 Å². The smallest absolute Gasteiger partial charge is 0.258 e. The van der Waals surface area contributed by atoms with E-state index in [0.29, 0.717) is 17.0 Å². The molecule has 0 aromatic heterocycles. The lowest BCUT2D eigenvalue weighted by molar-refractivity contribution is -0.126. The van der Waals surface area contributed by atoms with Crippen molar-refractivity contribution < 1.29 is 19.1 Å². The first-order chi connectivity index (χ1) is 9.43. The molecule has 20 heavy (non-hydrogen) atoms. The number of primary amides is 1. The summed E-state index contributed by atoms with van der Waals surface area (Å²) >= 11 is 5.83. The molecule has 2 amide bonds. The number of nitrogens with one attached hydrogen (secondary N) is 1. The first-order valence-corrected chi connectivity index (χ1v) is 6.32. The number of ether oxygens (including phenoxy) is 1. The summed E-state index contributed by atoms with van der Waals surface area (Å²) in [5, 5.41) is 2.69. The molecule has 0 aliphatic rings. The van der Waals surface area contributed by atoms with Crippen LogP contribution in [0.4, 0.5) is 0 Å². The van der Waals surface area contributed by atoms with Gasteiger partial charge >= 0.3 is 0 Å². The van der Waals surface area contributed by atoms with Crippen molar-refractivity contribution in [3.8, 4) is 5.75 Å². The number of rotatable bonds is 7. The highest BCUT2D eigenvalue weighted by Gasteiger charge is 2.13. The van der Waals surface area contributed by atoms with E-state index in [0.717, 1.165) is 0 Å². The topological polar surface area (TPSA) is 98.5 Å². The average molecular weight is 299 g/mol. The number of ketones is 1. The van der Waals surface area contributed by atoms with Gasteiger partial charge in [0.25, 0.3) is 5.91 Å². The zero-order valence-electron chi connectivity index (χ0n) is 10.9. The summed E-state index contributed by atoms with van der Waals surface area (Å²) in [6.07, 6.45) is 0.296. The second-order valence-corrected chi connectivity index (χ2v) is 4.39. The minimum atomic E-state index is -0.647. The SMILES string of the molecule is CCC(=O)c1cc(Cl)ccc1OCC(=O)NCC(N)=O. The molecule has 0 heterocycles. The van der Waals surface area contributed by atoms with Gasteiger partial charge in [0.05, 0.1) is 12.1 Å². The van der Waals surface area contributed by atoms with Crippen LogP contribution in [0.15, 0.2) is 18.2 Å². The Balaban J connectivity index is 2.70. The monoisotopic (exact) mass is 298 g/mol. The van der Waals surface area contributed by atoms with E-state index in [1.807, 2.05) is 0 Å². The van der Waals surface area contributed by atoms with Gasteiger partial charge in [0, 0.05) is 11.4 Å². The maximum Gasteiger partial charge on any atom is 0.258 e. The van der Waals surface area contributed by atoms with E-state index in [-0.39, 0.29) is 24.7 Å². The summed E-state index contributed by atoms with van der Waals surface area (Å²) in [6, 6.07) is 4.57. The van der Waals surface area contributed by atoms with Gasteiger partial charge in [-0.15, -0.1) is 0 Å². The number of hydrogen-bond acceptors (Lipinski definition) is 4. The molecule has 6 nitrogen and oxygen atoms in total. The van der Waals surface area contributed by atoms with Crippen LogP contribution in [-0.4, -0.2) is 30.7 Å². The second-order valence-electron chi connectivity index (χ2n) is 3.95. The van der Waals surface area contributed by atoms with Crippen LogP contribution < -0.4 is 15.8 Å². The molecule has 3 N–H and O–H groups in total. The van der Waals surface area contributed by atoms with E-state index in [2.05, 4.69) is 5.32 Å². The Morgan fingerprint density at radius 3 is 2.65 bits per heavy atom. The molecule has 1 aromatic rings. The Hall–Kier alpha value is -2.08. The summed E-state index contributed by atoms with van der Waals surface area (Å²) in [5.41, 5.74) is 5.21. The molecule has 0 radical (unpaired) electrons. The van der Waals surface area contributed by atoms with E-state index >= 15 is 0 Å². The number of carbonyl (C=O) groups excluding carboxylic acids is 3. The predicted octanol–water partition coefficient (Wildman–Crippen LogP) is 0.913. The maximum absolute atomic E-state index is 11.7. The van der Waals surface area contributed by atoms with Crippen LogP contribution in [-0.2, 0) is 9.59 Å². The van der Waals surface area contributed by atoms with Crippen molar-refractivity contribution in [2.45, 2.75) is 13.3 Å². The molecule has 1 rings (SSSR count). The van der Waals surface area contributed by atoms with Crippen molar-refractivity contribution in [2.75, 3.05) is 13.2 Å². The van der Waals surface area contributed by atoms with Crippen molar-refractivity contribution in [1.82, 2.24) is 5.32 Å². The number of Topliss-reactive ketones (excluding diaryl/α,β-unsaturated/α-hetero) is 1. The molecule has 0 saturated heterocycles. The molecule has 0 aliphatic carbocycles. The number of nitrogens with two attached hydrogens (primary N) is 1. The van der Waals surface area contributed by atoms with Gasteiger partial charge < -0.3 is 15.8 Å². The Morgan fingerprint density at radius 2 is 2.05 bits per heavy atom. The average Bonchev–Trinajstić information content (AvgIpc) is 2.42. The van der Waals surface area contributed by atoms with Gasteiger partial charge in [0.15, 0.2) is 12.4 Å². The van der Waals surface area contributed by atoms with Crippen LogP contribution >= 0.6 is 11.6 Å². The predicted molar refractivity (Wildman–Crippen MR) is 73.8 cm³/mol. The van der Waals surface area contributed by atoms with Crippen LogP contribution in [0, 0.1) is 0 Å². The Kier molecular flexibility index (Phi) is 5.99. The van der Waals surface area contributed by atoms with Gasteiger partial charge in [-0.25, -0.2) is 0 Å². The lowest BCUT2D eigenvalue weighted by Crippen LogP contribution is -2.36. The van der Waals surface area contributed by atoms with Crippen LogP contribution in [0.25, 0.3) is 0 Å². The number of carbonyl (C=O) groups is 3. The number of halogens is 1. The normalized spacial score (nSPS) is 9.90. The largest absolute Gasteiger partial charge is 0.483 e. The minimum Gasteiger partial charge on any atom is -0.483 e. The molecule has 0 aliphatic heterocycles. The van der Waals surface area contributed by atoms with Crippen LogP contribution in [0.5, 0.6) is 5.75 Å². The quantitative estimate of drug-likeness (QED) is 0.731. The Bertz CT molecular complexity index is 531. The fraction of sp³-hybridized carbons (Fsp3) is 0.308. The van der Waals surface area contributed by atoms with Gasteiger partial charge in [0.1, 0.15) is 5.75 Å². The van der Waals surface area contributed by atoms with Crippen LogP contribution in [0.1, 0.15) is 23.7 Å². The number of amides is 2. The molecular weight excluding hydrogens is 284 g/mol. The van der Waals surface area contributed by atoms with E-state index in [4.69, 9.17) is 22.1 Å². The molecule has 1 aromatic carbocycles. The Morgan fingerprint density at radius 1 is 1.35 bits per heavy atom. The zero-order chi connectivity index (χ0) is 15.1. The molecule has 0 saturated carbocycles. The summed E-state index contributed by atoms with van der Waals surface area (Å²) in [4.78, 5) is 33.6. The van der Waals surface area contributed by atoms with Crippen LogP contribution in [0.3, 0.4) is 0 Å². The first-order valence-electron chi connectivity index (χ1n) is 5.94. The third-order valence-corrected chi connectivity index (χ3v) is 2.62. The van der Waals surface area contributed by atoms with Crippen molar-refractivity contribution in [3.63, 3.8) is 0 Å². The molecular formula is C13H15ClN2O4. The first kappa shape index (κ1) is 16.0. The molecule has 0 atom stereocenters. The molecule has 7 heteroatoms. The zero-order valence-corrected chi connectivity index (χ0v) is 11.7. The highest BCUT2D eigenvalue weighted by molar-refractivity contribution is 6.31. The lowest BCUT2D eigenvalue weighted by atomic mass is 10.1. The third-order valence-electron chi connectivity index (χ3n) is 2.38. The fourth-order valence-corrected chi connectivity index (χ4v) is 1.59. The standard InChI is InChI=1S/C13H15ClN2O4/c1-2-10(17)9-5-8(14)3-4-11(9)20-7-13(19)16-6-12(15)18/h3-5H,2,6-7H2,1H3,(H2,15,18)(H,16,19). The third kappa shape index (κ3) is 4.89. The van der Waals surface area contributed by atoms with Crippen molar-refractivity contribution in [2.24, 2.45) is 5.73 Å². The second kappa shape index (κ2) is 7.49. The number of benzene rings is 1. The van der Waals surface area contributed by atoms with Gasteiger partial charge in [0.2, 0.25) is 5.91 Å². The molecule has 0 unspecified atom stereocenters.